The molecule has 2 aliphatic rings. The maximum atomic E-state index is 13.6. The van der Waals surface area contributed by atoms with Crippen LogP contribution in [0.3, 0.4) is 0 Å². The topological polar surface area (TPSA) is 91.4 Å². The fourth-order valence-corrected chi connectivity index (χ4v) is 6.20. The first-order valence-corrected chi connectivity index (χ1v) is 14.2. The summed E-state index contributed by atoms with van der Waals surface area (Å²) >= 11 is 0. The molecular formula is C32H35N5O3. The zero-order chi connectivity index (χ0) is 27.4. The van der Waals surface area contributed by atoms with Crippen LogP contribution < -0.4 is 4.74 Å². The number of hydrogen-bond donors (Lipinski definition) is 1. The molecule has 1 spiro atoms. The maximum absolute atomic E-state index is 13.6. The van der Waals surface area contributed by atoms with Gasteiger partial charge in [-0.25, -0.2) is 4.98 Å². The number of carbonyl (C=O) groups is 2. The Bertz CT molecular complexity index is 1480. The molecule has 0 radical (unpaired) electrons. The van der Waals surface area contributed by atoms with E-state index in [-0.39, 0.29) is 17.2 Å². The van der Waals surface area contributed by atoms with Crippen LogP contribution in [-0.4, -0.2) is 69.4 Å². The molecule has 0 atom stereocenters. The van der Waals surface area contributed by atoms with Crippen LogP contribution in [0.25, 0.3) is 10.9 Å². The van der Waals surface area contributed by atoms with Crippen molar-refractivity contribution in [3.05, 3.63) is 90.1 Å². The van der Waals surface area contributed by atoms with Crippen molar-refractivity contribution in [2.24, 2.45) is 5.41 Å². The van der Waals surface area contributed by atoms with Crippen molar-refractivity contribution >= 4 is 22.7 Å². The molecule has 40 heavy (non-hydrogen) atoms. The quantitative estimate of drug-likeness (QED) is 0.383. The van der Waals surface area contributed by atoms with E-state index < -0.39 is 0 Å². The second-order valence-corrected chi connectivity index (χ2v) is 11.1. The number of aromatic nitrogens is 3. The van der Waals surface area contributed by atoms with Gasteiger partial charge in [-0.1, -0.05) is 30.7 Å². The van der Waals surface area contributed by atoms with Crippen molar-refractivity contribution in [1.82, 2.24) is 24.8 Å². The van der Waals surface area contributed by atoms with Gasteiger partial charge in [0.1, 0.15) is 18.1 Å². The summed E-state index contributed by atoms with van der Waals surface area (Å²) in [5.41, 5.74) is 3.16. The van der Waals surface area contributed by atoms with E-state index in [1.54, 1.807) is 12.4 Å². The Hall–Kier alpha value is -4.20. The zero-order valence-electron chi connectivity index (χ0n) is 22.7. The van der Waals surface area contributed by atoms with Crippen LogP contribution in [0.2, 0.25) is 0 Å². The Balaban J connectivity index is 1.22. The van der Waals surface area contributed by atoms with Crippen molar-refractivity contribution in [3.63, 3.8) is 0 Å². The fraction of sp³-hybridized carbons (Fsp3) is 0.375. The van der Waals surface area contributed by atoms with Gasteiger partial charge in [0, 0.05) is 49.3 Å². The summed E-state index contributed by atoms with van der Waals surface area (Å²) in [6.07, 6.45) is 12.4. The second-order valence-electron chi connectivity index (χ2n) is 11.1. The van der Waals surface area contributed by atoms with Gasteiger partial charge in [-0.3, -0.25) is 14.6 Å². The number of nitrogens with zero attached hydrogens (tertiary/aromatic N) is 4. The van der Waals surface area contributed by atoms with Gasteiger partial charge in [-0.15, -0.1) is 0 Å². The predicted molar refractivity (Wildman–Crippen MR) is 153 cm³/mol. The minimum atomic E-state index is -0.126. The lowest BCUT2D eigenvalue weighted by Gasteiger charge is -2.45. The van der Waals surface area contributed by atoms with Gasteiger partial charge in [0.15, 0.2) is 0 Å². The molecular weight excluding hydrogens is 502 g/mol. The standard InChI is InChI=1S/C32H35N5O3/c38-30(26-9-8-24-10-14-34-27(24)21-26)36-17-12-32(13-18-36)11-4-3-6-25-5-1-2-7-29(25)40-20-19-37(23-32)31(39)28-22-33-15-16-35-28/h1-2,5,7-10,14-16,21-22,34H,3-4,6,11-13,17-20,23H2. The van der Waals surface area contributed by atoms with Crippen LogP contribution in [0.4, 0.5) is 0 Å². The number of amides is 2. The highest BCUT2D eigenvalue weighted by atomic mass is 16.5. The van der Waals surface area contributed by atoms with E-state index in [4.69, 9.17) is 4.74 Å². The Morgan fingerprint density at radius 1 is 0.900 bits per heavy atom. The molecule has 1 fully saturated rings. The summed E-state index contributed by atoms with van der Waals surface area (Å²) in [4.78, 5) is 42.5. The molecule has 2 aromatic carbocycles. The molecule has 6 rings (SSSR count). The highest BCUT2D eigenvalue weighted by molar-refractivity contribution is 5.98. The largest absolute Gasteiger partial charge is 0.491 e. The van der Waals surface area contributed by atoms with Crippen LogP contribution in [0.15, 0.2) is 73.3 Å². The van der Waals surface area contributed by atoms with E-state index in [9.17, 15) is 9.59 Å². The van der Waals surface area contributed by atoms with Gasteiger partial charge >= 0.3 is 0 Å². The normalized spacial score (nSPS) is 17.9. The third-order valence-corrected chi connectivity index (χ3v) is 8.50. The van der Waals surface area contributed by atoms with Gasteiger partial charge in [0.25, 0.3) is 11.8 Å². The first-order chi connectivity index (χ1) is 19.6. The first-order valence-electron chi connectivity index (χ1n) is 14.2. The molecule has 0 unspecified atom stereocenters. The minimum Gasteiger partial charge on any atom is -0.491 e. The number of aromatic amines is 1. The average Bonchev–Trinajstić information content (AvgIpc) is 3.47. The molecule has 8 nitrogen and oxygen atoms in total. The molecule has 2 aliphatic heterocycles. The lowest BCUT2D eigenvalue weighted by Crippen LogP contribution is -2.50. The van der Waals surface area contributed by atoms with Crippen molar-refractivity contribution in [2.75, 3.05) is 32.8 Å². The van der Waals surface area contributed by atoms with Gasteiger partial charge in [-0.05, 0) is 72.7 Å². The average molecular weight is 538 g/mol. The predicted octanol–water partition coefficient (Wildman–Crippen LogP) is 5.13. The van der Waals surface area contributed by atoms with Crippen LogP contribution in [-0.2, 0) is 6.42 Å². The molecule has 0 aliphatic carbocycles. The highest BCUT2D eigenvalue weighted by Crippen LogP contribution is 2.39. The molecule has 8 heteroatoms. The van der Waals surface area contributed by atoms with Gasteiger partial charge in [0.2, 0.25) is 0 Å². The zero-order valence-corrected chi connectivity index (χ0v) is 22.7. The van der Waals surface area contributed by atoms with E-state index in [0.29, 0.717) is 44.0 Å². The molecule has 2 amide bonds. The monoisotopic (exact) mass is 537 g/mol. The van der Waals surface area contributed by atoms with Gasteiger partial charge < -0.3 is 19.5 Å². The number of para-hydroxylation sites is 1. The number of benzene rings is 2. The fourth-order valence-electron chi connectivity index (χ4n) is 6.20. The third kappa shape index (κ3) is 5.57. The molecule has 4 aromatic rings. The Morgan fingerprint density at radius 3 is 2.62 bits per heavy atom. The molecule has 2 aromatic heterocycles. The van der Waals surface area contributed by atoms with Crippen molar-refractivity contribution < 1.29 is 14.3 Å². The molecule has 1 N–H and O–H groups in total. The first kappa shape index (κ1) is 26.0. The second kappa shape index (κ2) is 11.5. The van der Waals surface area contributed by atoms with E-state index in [1.165, 1.54) is 11.8 Å². The summed E-state index contributed by atoms with van der Waals surface area (Å²) in [6, 6.07) is 16.1. The third-order valence-electron chi connectivity index (χ3n) is 8.50. The Morgan fingerprint density at radius 2 is 1.77 bits per heavy atom. The number of rotatable bonds is 2. The lowest BCUT2D eigenvalue weighted by molar-refractivity contribution is 0.0325. The van der Waals surface area contributed by atoms with Gasteiger partial charge in [0.05, 0.1) is 12.7 Å². The van der Waals surface area contributed by atoms with Crippen LogP contribution >= 0.6 is 0 Å². The number of likely N-dealkylation sites (tertiary alicyclic amines) is 1. The van der Waals surface area contributed by atoms with Crippen LogP contribution in [0.5, 0.6) is 5.75 Å². The van der Waals surface area contributed by atoms with Gasteiger partial charge in [-0.2, -0.15) is 0 Å². The minimum absolute atomic E-state index is 0.0667. The summed E-state index contributed by atoms with van der Waals surface area (Å²) in [6.45, 7) is 2.83. The Kier molecular flexibility index (Phi) is 7.49. The molecule has 4 heterocycles. The van der Waals surface area contributed by atoms with E-state index in [2.05, 4.69) is 27.1 Å². The van der Waals surface area contributed by atoms with Crippen molar-refractivity contribution in [1.29, 1.82) is 0 Å². The van der Waals surface area contributed by atoms with Crippen LogP contribution in [0.1, 0.15) is 58.5 Å². The van der Waals surface area contributed by atoms with E-state index in [0.717, 1.165) is 55.2 Å². The lowest BCUT2D eigenvalue weighted by atomic mass is 9.73. The maximum Gasteiger partial charge on any atom is 0.274 e. The smallest absolute Gasteiger partial charge is 0.274 e. The number of hydrogen-bond acceptors (Lipinski definition) is 5. The Labute approximate surface area is 234 Å². The summed E-state index contributed by atoms with van der Waals surface area (Å²) in [5, 5.41) is 1.10. The van der Waals surface area contributed by atoms with Crippen LogP contribution in [0, 0.1) is 5.41 Å². The summed E-state index contributed by atoms with van der Waals surface area (Å²) in [7, 11) is 0. The number of aryl methyl sites for hydroxylation is 1. The van der Waals surface area contributed by atoms with E-state index >= 15 is 0 Å². The highest BCUT2D eigenvalue weighted by Gasteiger charge is 2.38. The molecule has 0 saturated carbocycles. The number of carbonyl (C=O) groups excluding carboxylic acids is 2. The number of fused-ring (bicyclic) bond motifs is 2. The van der Waals surface area contributed by atoms with Crippen molar-refractivity contribution in [3.8, 4) is 5.75 Å². The summed E-state index contributed by atoms with van der Waals surface area (Å²) < 4.78 is 6.19. The number of nitrogens with one attached hydrogen (secondary N) is 1. The molecule has 0 bridgehead atoms. The number of ether oxygens (including phenoxy) is 1. The van der Waals surface area contributed by atoms with E-state index in [1.807, 2.05) is 52.4 Å². The number of piperidine rings is 1. The number of H-pyrrole nitrogens is 1. The molecule has 206 valence electrons. The van der Waals surface area contributed by atoms with Crippen molar-refractivity contribution in [2.45, 2.75) is 38.5 Å². The molecule has 1 saturated heterocycles. The summed E-state index contributed by atoms with van der Waals surface area (Å²) in [5.74, 6) is 0.838. The SMILES string of the molecule is O=C(c1ccc2cc[nH]c2c1)N1CCC2(CCCCc3ccccc3OCCN(C(=O)c3cnccn3)C2)CC1.